The summed E-state index contributed by atoms with van der Waals surface area (Å²) in [6.07, 6.45) is 6.79. The molecule has 2 amide bonds. The monoisotopic (exact) mass is 393 g/mol. The molecule has 1 unspecified atom stereocenters. The maximum absolute atomic E-state index is 12.8. The van der Waals surface area contributed by atoms with Crippen molar-refractivity contribution in [3.8, 4) is 0 Å². The second kappa shape index (κ2) is 10.2. The zero-order valence-corrected chi connectivity index (χ0v) is 17.1. The number of hydroxylamine groups is 2. The van der Waals surface area contributed by atoms with Gasteiger partial charge in [0.15, 0.2) is 0 Å². The number of carbonyl (C=O) groups is 2. The first-order chi connectivity index (χ1) is 13.2. The quantitative estimate of drug-likeness (QED) is 0.688. The molecule has 2 saturated heterocycles. The summed E-state index contributed by atoms with van der Waals surface area (Å²) < 4.78 is 0. The van der Waals surface area contributed by atoms with Crippen LogP contribution in [-0.2, 0) is 9.63 Å². The van der Waals surface area contributed by atoms with Crippen LogP contribution in [0, 0.1) is 0 Å². The van der Waals surface area contributed by atoms with E-state index in [1.165, 1.54) is 11.3 Å². The molecule has 0 radical (unpaired) electrons. The van der Waals surface area contributed by atoms with E-state index in [1.54, 1.807) is 0 Å². The summed E-state index contributed by atoms with van der Waals surface area (Å²) in [6, 6.07) is 4.02. The molecule has 1 aromatic rings. The maximum Gasteiger partial charge on any atom is 0.261 e. The van der Waals surface area contributed by atoms with Crippen LogP contribution in [0.2, 0.25) is 0 Å². The van der Waals surface area contributed by atoms with Gasteiger partial charge in [-0.15, -0.1) is 11.3 Å². The molecule has 3 heterocycles. The first-order valence-corrected chi connectivity index (χ1v) is 11.1. The van der Waals surface area contributed by atoms with Crippen LogP contribution in [-0.4, -0.2) is 54.6 Å². The Balaban J connectivity index is 1.54. The van der Waals surface area contributed by atoms with E-state index in [-0.39, 0.29) is 17.9 Å². The Labute approximate surface area is 165 Å². The van der Waals surface area contributed by atoms with Gasteiger partial charge in [0.05, 0.1) is 17.5 Å². The highest BCUT2D eigenvalue weighted by Gasteiger charge is 2.31. The molecule has 6 nitrogen and oxygen atoms in total. The van der Waals surface area contributed by atoms with Gasteiger partial charge in [0.2, 0.25) is 5.91 Å². The van der Waals surface area contributed by atoms with Gasteiger partial charge in [-0.05, 0) is 44.2 Å². The van der Waals surface area contributed by atoms with E-state index in [4.69, 9.17) is 4.84 Å². The SMILES string of the molecule is CCCCNC(=O)c1ccc(C2CCCN2C(=O)CCN2CCCCO2)s1. The first-order valence-electron chi connectivity index (χ1n) is 10.2. The van der Waals surface area contributed by atoms with Crippen LogP contribution in [0.25, 0.3) is 0 Å². The lowest BCUT2D eigenvalue weighted by Gasteiger charge is -2.28. The molecule has 0 aromatic carbocycles. The van der Waals surface area contributed by atoms with Crippen molar-refractivity contribution in [2.45, 2.75) is 57.9 Å². The summed E-state index contributed by atoms with van der Waals surface area (Å²) >= 11 is 1.52. The number of hydrogen-bond donors (Lipinski definition) is 1. The Morgan fingerprint density at radius 1 is 1.26 bits per heavy atom. The van der Waals surface area contributed by atoms with Crippen molar-refractivity contribution in [3.63, 3.8) is 0 Å². The van der Waals surface area contributed by atoms with E-state index >= 15 is 0 Å². The summed E-state index contributed by atoms with van der Waals surface area (Å²) in [7, 11) is 0. The molecule has 150 valence electrons. The van der Waals surface area contributed by atoms with Gasteiger partial charge in [-0.1, -0.05) is 13.3 Å². The van der Waals surface area contributed by atoms with Crippen molar-refractivity contribution in [3.05, 3.63) is 21.9 Å². The molecule has 0 spiro atoms. The number of nitrogens with zero attached hydrogens (tertiary/aromatic N) is 2. The minimum atomic E-state index is -0.00202. The van der Waals surface area contributed by atoms with Gasteiger partial charge in [0, 0.05) is 37.5 Å². The van der Waals surface area contributed by atoms with Gasteiger partial charge in [-0.25, -0.2) is 0 Å². The van der Waals surface area contributed by atoms with Gasteiger partial charge in [-0.3, -0.25) is 14.4 Å². The molecule has 2 fully saturated rings. The summed E-state index contributed by atoms with van der Waals surface area (Å²) in [6.45, 7) is 5.97. The Kier molecular flexibility index (Phi) is 7.67. The average molecular weight is 394 g/mol. The molecule has 7 heteroatoms. The fourth-order valence-corrected chi connectivity index (χ4v) is 4.74. The number of rotatable bonds is 8. The largest absolute Gasteiger partial charge is 0.351 e. The predicted octanol–water partition coefficient (Wildman–Crippen LogP) is 3.36. The molecular formula is C20H31N3O3S. The van der Waals surface area contributed by atoms with Crippen molar-refractivity contribution in [1.82, 2.24) is 15.3 Å². The number of nitrogens with one attached hydrogen (secondary N) is 1. The molecule has 27 heavy (non-hydrogen) atoms. The van der Waals surface area contributed by atoms with E-state index in [0.29, 0.717) is 13.0 Å². The Morgan fingerprint density at radius 3 is 2.93 bits per heavy atom. The van der Waals surface area contributed by atoms with Gasteiger partial charge in [-0.2, -0.15) is 5.06 Å². The van der Waals surface area contributed by atoms with E-state index in [0.717, 1.165) is 74.5 Å². The van der Waals surface area contributed by atoms with Crippen LogP contribution >= 0.6 is 11.3 Å². The highest BCUT2D eigenvalue weighted by Crippen LogP contribution is 2.36. The van der Waals surface area contributed by atoms with Crippen molar-refractivity contribution < 1.29 is 14.4 Å². The van der Waals surface area contributed by atoms with Gasteiger partial charge >= 0.3 is 0 Å². The van der Waals surface area contributed by atoms with Crippen LogP contribution < -0.4 is 5.32 Å². The maximum atomic E-state index is 12.8. The Morgan fingerprint density at radius 2 is 2.15 bits per heavy atom. The average Bonchev–Trinajstić information content (AvgIpc) is 3.36. The van der Waals surface area contributed by atoms with Crippen LogP contribution in [0.5, 0.6) is 0 Å². The van der Waals surface area contributed by atoms with Crippen LogP contribution in [0.3, 0.4) is 0 Å². The summed E-state index contributed by atoms with van der Waals surface area (Å²) in [4.78, 5) is 34.4. The third-order valence-corrected chi connectivity index (χ3v) is 6.40. The van der Waals surface area contributed by atoms with Crippen molar-refractivity contribution in [1.29, 1.82) is 0 Å². The van der Waals surface area contributed by atoms with Gasteiger partial charge < -0.3 is 10.2 Å². The number of carbonyl (C=O) groups excluding carboxylic acids is 2. The summed E-state index contributed by atoms with van der Waals surface area (Å²) in [5.74, 6) is 0.187. The molecule has 3 rings (SSSR count). The molecule has 0 aliphatic carbocycles. The molecule has 0 saturated carbocycles. The lowest BCUT2D eigenvalue weighted by molar-refractivity contribution is -0.182. The number of likely N-dealkylation sites (tertiary alicyclic amines) is 1. The fraction of sp³-hybridized carbons (Fsp3) is 0.700. The van der Waals surface area contributed by atoms with Crippen LogP contribution in [0.15, 0.2) is 12.1 Å². The lowest BCUT2D eigenvalue weighted by atomic mass is 10.2. The number of unbranched alkanes of at least 4 members (excludes halogenated alkanes) is 1. The third-order valence-electron chi connectivity index (χ3n) is 5.22. The second-order valence-corrected chi connectivity index (χ2v) is 8.39. The number of amides is 2. The predicted molar refractivity (Wildman–Crippen MR) is 107 cm³/mol. The normalized spacial score (nSPS) is 20.8. The third kappa shape index (κ3) is 5.53. The van der Waals surface area contributed by atoms with E-state index in [9.17, 15) is 9.59 Å². The molecule has 1 atom stereocenters. The first kappa shape index (κ1) is 20.3. The lowest BCUT2D eigenvalue weighted by Crippen LogP contribution is -2.36. The zero-order chi connectivity index (χ0) is 19.1. The summed E-state index contributed by atoms with van der Waals surface area (Å²) in [5, 5.41) is 4.89. The Bertz CT molecular complexity index is 628. The highest BCUT2D eigenvalue weighted by atomic mass is 32.1. The summed E-state index contributed by atoms with van der Waals surface area (Å²) in [5.41, 5.74) is 0. The minimum Gasteiger partial charge on any atom is -0.351 e. The van der Waals surface area contributed by atoms with Crippen molar-refractivity contribution >= 4 is 23.2 Å². The smallest absolute Gasteiger partial charge is 0.261 e. The molecule has 2 aliphatic heterocycles. The Hall–Kier alpha value is -1.44. The topological polar surface area (TPSA) is 61.9 Å². The van der Waals surface area contributed by atoms with Crippen LogP contribution in [0.1, 0.15) is 72.5 Å². The van der Waals surface area contributed by atoms with Crippen molar-refractivity contribution in [2.24, 2.45) is 0 Å². The van der Waals surface area contributed by atoms with Gasteiger partial charge in [0.1, 0.15) is 0 Å². The van der Waals surface area contributed by atoms with E-state index in [1.807, 2.05) is 22.1 Å². The van der Waals surface area contributed by atoms with E-state index in [2.05, 4.69) is 12.2 Å². The minimum absolute atomic E-state index is 0.00202. The van der Waals surface area contributed by atoms with Crippen LogP contribution in [0.4, 0.5) is 0 Å². The molecule has 2 aliphatic rings. The van der Waals surface area contributed by atoms with E-state index < -0.39 is 0 Å². The second-order valence-electron chi connectivity index (χ2n) is 7.28. The zero-order valence-electron chi connectivity index (χ0n) is 16.2. The fourth-order valence-electron chi connectivity index (χ4n) is 3.67. The highest BCUT2D eigenvalue weighted by molar-refractivity contribution is 7.14. The molecule has 0 bridgehead atoms. The van der Waals surface area contributed by atoms with Crippen molar-refractivity contribution in [2.75, 3.05) is 32.8 Å². The number of hydrogen-bond acceptors (Lipinski definition) is 5. The number of thiophene rings is 1. The standard InChI is InChI=1S/C20H31N3O3S/c1-2-3-11-21-20(25)18-9-8-17(27-18)16-7-6-13-23(16)19(24)10-14-22-12-4-5-15-26-22/h8-9,16H,2-7,10-15H2,1H3,(H,21,25). The molecule has 1 aromatic heterocycles. The van der Waals surface area contributed by atoms with Gasteiger partial charge in [0.25, 0.3) is 5.91 Å². The molecule has 1 N–H and O–H groups in total. The molecular weight excluding hydrogens is 362 g/mol.